The Morgan fingerprint density at radius 2 is 1.42 bits per heavy atom. The first-order valence-corrected chi connectivity index (χ1v) is 10.0. The van der Waals surface area contributed by atoms with Crippen LogP contribution in [0.15, 0.2) is 93.3 Å². The van der Waals surface area contributed by atoms with Gasteiger partial charge in [0.2, 0.25) is 0 Å². The van der Waals surface area contributed by atoms with Crippen molar-refractivity contribution in [2.75, 3.05) is 24.6 Å². The maximum atomic E-state index is 9.27. The molecule has 0 heterocycles. The Bertz CT molecular complexity index is 1070. The first kappa shape index (κ1) is 21.8. The van der Waals surface area contributed by atoms with Crippen LogP contribution in [0.5, 0.6) is 0 Å². The maximum absolute atomic E-state index is 9.27. The third-order valence-electron chi connectivity index (χ3n) is 4.57. The molecule has 3 aromatic rings. The van der Waals surface area contributed by atoms with Crippen molar-refractivity contribution in [1.29, 1.82) is 5.26 Å². The highest BCUT2D eigenvalue weighted by molar-refractivity contribution is 5.58. The molecule has 0 saturated carbocycles. The van der Waals surface area contributed by atoms with Crippen molar-refractivity contribution in [3.05, 3.63) is 78.4 Å². The molecule has 31 heavy (non-hydrogen) atoms. The summed E-state index contributed by atoms with van der Waals surface area (Å²) in [6, 6.07) is 24.9. The van der Waals surface area contributed by atoms with E-state index in [1.807, 2.05) is 84.6 Å². The molecule has 0 atom stereocenters. The molecule has 0 spiro atoms. The van der Waals surface area contributed by atoms with Gasteiger partial charge in [0.25, 0.3) is 0 Å². The highest BCUT2D eigenvalue weighted by Crippen LogP contribution is 2.28. The second-order valence-corrected chi connectivity index (χ2v) is 6.84. The first-order valence-electron chi connectivity index (χ1n) is 10.0. The fourth-order valence-corrected chi connectivity index (χ4v) is 2.93. The largest absolute Gasteiger partial charge is 0.395 e. The number of azo groups is 2. The van der Waals surface area contributed by atoms with Gasteiger partial charge in [0.1, 0.15) is 0 Å². The molecule has 0 aliphatic heterocycles. The normalized spacial score (nSPS) is 11.1. The van der Waals surface area contributed by atoms with Gasteiger partial charge in [-0.05, 0) is 67.1 Å². The Morgan fingerprint density at radius 1 is 0.806 bits per heavy atom. The molecule has 3 aromatic carbocycles. The number of nitriles is 1. The molecule has 0 fully saturated rings. The van der Waals surface area contributed by atoms with E-state index in [9.17, 15) is 5.11 Å². The highest BCUT2D eigenvalue weighted by atomic mass is 16.3. The Kier molecular flexibility index (Phi) is 7.97. The monoisotopic (exact) mass is 412 g/mol. The van der Waals surface area contributed by atoms with Gasteiger partial charge in [0.15, 0.2) is 0 Å². The zero-order valence-corrected chi connectivity index (χ0v) is 17.4. The highest BCUT2D eigenvalue weighted by Gasteiger charge is 2.08. The van der Waals surface area contributed by atoms with Crippen LogP contribution in [0.3, 0.4) is 0 Å². The van der Waals surface area contributed by atoms with Gasteiger partial charge in [-0.25, -0.2) is 0 Å². The Balaban J connectivity index is 1.67. The number of aryl methyl sites for hydroxylation is 1. The molecule has 156 valence electrons. The van der Waals surface area contributed by atoms with Crippen molar-refractivity contribution in [3.63, 3.8) is 0 Å². The summed E-state index contributed by atoms with van der Waals surface area (Å²) in [5.74, 6) is 0. The van der Waals surface area contributed by atoms with Gasteiger partial charge < -0.3 is 10.0 Å². The van der Waals surface area contributed by atoms with Gasteiger partial charge >= 0.3 is 0 Å². The fraction of sp³-hybridized carbons (Fsp3) is 0.208. The Labute approximate surface area is 182 Å². The van der Waals surface area contributed by atoms with E-state index < -0.39 is 0 Å². The van der Waals surface area contributed by atoms with Crippen LogP contribution in [-0.2, 0) is 0 Å². The van der Waals surface area contributed by atoms with E-state index in [4.69, 9.17) is 5.26 Å². The molecule has 0 aromatic heterocycles. The molecule has 0 aliphatic carbocycles. The average molecular weight is 412 g/mol. The van der Waals surface area contributed by atoms with Crippen LogP contribution < -0.4 is 4.90 Å². The summed E-state index contributed by atoms with van der Waals surface area (Å²) in [5, 5.41) is 35.2. The van der Waals surface area contributed by atoms with E-state index in [1.165, 1.54) is 0 Å². The van der Waals surface area contributed by atoms with Gasteiger partial charge in [-0.15, -0.1) is 0 Å². The summed E-state index contributed by atoms with van der Waals surface area (Å²) in [6.45, 7) is 3.06. The third kappa shape index (κ3) is 6.56. The average Bonchev–Trinajstić information content (AvgIpc) is 2.81. The third-order valence-corrected chi connectivity index (χ3v) is 4.57. The minimum absolute atomic E-state index is 0.0346. The molecule has 3 rings (SSSR count). The van der Waals surface area contributed by atoms with E-state index in [0.29, 0.717) is 19.5 Å². The standard InChI is InChI=1S/C24H24N6O/c1-19-18-23(30(16-17-31)15-5-14-25)12-13-24(19)29-28-22-10-8-21(9-11-22)27-26-20-6-3-2-4-7-20/h2-4,6-13,18,31H,5,15-17H2,1H3. The van der Waals surface area contributed by atoms with Crippen molar-refractivity contribution < 1.29 is 5.11 Å². The Hall–Kier alpha value is -3.89. The number of aliphatic hydroxyl groups is 1. The topological polar surface area (TPSA) is 96.7 Å². The van der Waals surface area contributed by atoms with Crippen molar-refractivity contribution in [2.45, 2.75) is 13.3 Å². The summed E-state index contributed by atoms with van der Waals surface area (Å²) >= 11 is 0. The molecule has 0 saturated heterocycles. The molecule has 0 amide bonds. The molecule has 7 nitrogen and oxygen atoms in total. The molecule has 0 unspecified atom stereocenters. The van der Waals surface area contributed by atoms with Crippen molar-refractivity contribution in [1.82, 2.24) is 0 Å². The lowest BCUT2D eigenvalue weighted by Crippen LogP contribution is -2.27. The van der Waals surface area contributed by atoms with Crippen molar-refractivity contribution in [2.24, 2.45) is 20.5 Å². The number of hydrogen-bond acceptors (Lipinski definition) is 7. The molecule has 0 bridgehead atoms. The lowest BCUT2D eigenvalue weighted by molar-refractivity contribution is 0.302. The van der Waals surface area contributed by atoms with Crippen LogP contribution in [0, 0.1) is 18.3 Å². The molecule has 7 heteroatoms. The maximum Gasteiger partial charge on any atom is 0.0887 e. The van der Waals surface area contributed by atoms with Crippen molar-refractivity contribution >= 4 is 28.4 Å². The summed E-state index contributed by atoms with van der Waals surface area (Å²) in [7, 11) is 0. The quantitative estimate of drug-likeness (QED) is 0.404. The van der Waals surface area contributed by atoms with Crippen LogP contribution in [-0.4, -0.2) is 24.8 Å². The minimum atomic E-state index is 0.0346. The summed E-state index contributed by atoms with van der Waals surface area (Å²) in [6.07, 6.45) is 0.404. The predicted octanol–water partition coefficient (Wildman–Crippen LogP) is 6.54. The molecule has 0 radical (unpaired) electrons. The van der Waals surface area contributed by atoms with E-state index in [0.717, 1.165) is 34.0 Å². The number of rotatable bonds is 9. The lowest BCUT2D eigenvalue weighted by atomic mass is 10.1. The number of nitrogens with zero attached hydrogens (tertiary/aromatic N) is 6. The van der Waals surface area contributed by atoms with Crippen LogP contribution in [0.4, 0.5) is 28.4 Å². The van der Waals surface area contributed by atoms with Gasteiger partial charge in [-0.3, -0.25) is 0 Å². The number of anilines is 1. The summed E-state index contributed by atoms with van der Waals surface area (Å²) in [5.41, 5.74) is 4.95. The van der Waals surface area contributed by atoms with Gasteiger partial charge in [0.05, 0.1) is 41.8 Å². The zero-order chi connectivity index (χ0) is 21.9. The second kappa shape index (κ2) is 11.3. The number of benzene rings is 3. The SMILES string of the molecule is Cc1cc(N(CCO)CCC#N)ccc1N=Nc1ccc(N=Nc2ccccc2)cc1. The lowest BCUT2D eigenvalue weighted by Gasteiger charge is -2.23. The number of hydrogen-bond donors (Lipinski definition) is 1. The van der Waals surface area contributed by atoms with E-state index in [1.54, 1.807) is 0 Å². The predicted molar refractivity (Wildman–Crippen MR) is 122 cm³/mol. The summed E-state index contributed by atoms with van der Waals surface area (Å²) < 4.78 is 0. The summed E-state index contributed by atoms with van der Waals surface area (Å²) in [4.78, 5) is 1.99. The zero-order valence-electron chi connectivity index (χ0n) is 17.4. The van der Waals surface area contributed by atoms with Crippen LogP contribution in [0.25, 0.3) is 0 Å². The molecular formula is C24H24N6O. The van der Waals surface area contributed by atoms with Crippen LogP contribution in [0.2, 0.25) is 0 Å². The number of aliphatic hydroxyl groups excluding tert-OH is 1. The molecular weight excluding hydrogens is 388 g/mol. The fourth-order valence-electron chi connectivity index (χ4n) is 2.93. The smallest absolute Gasteiger partial charge is 0.0887 e. The first-order chi connectivity index (χ1) is 15.2. The van der Waals surface area contributed by atoms with Crippen molar-refractivity contribution in [3.8, 4) is 6.07 Å². The minimum Gasteiger partial charge on any atom is -0.395 e. The van der Waals surface area contributed by atoms with E-state index in [-0.39, 0.29) is 6.61 Å². The van der Waals surface area contributed by atoms with Gasteiger partial charge in [-0.2, -0.15) is 25.7 Å². The molecule has 0 aliphatic rings. The van der Waals surface area contributed by atoms with E-state index in [2.05, 4.69) is 26.5 Å². The van der Waals surface area contributed by atoms with Gasteiger partial charge in [0, 0.05) is 18.8 Å². The van der Waals surface area contributed by atoms with E-state index >= 15 is 0 Å². The Morgan fingerprint density at radius 3 is 2.00 bits per heavy atom. The molecule has 1 N–H and O–H groups in total. The van der Waals surface area contributed by atoms with Crippen LogP contribution in [0.1, 0.15) is 12.0 Å². The van der Waals surface area contributed by atoms with Gasteiger partial charge in [-0.1, -0.05) is 18.2 Å². The second-order valence-electron chi connectivity index (χ2n) is 6.84. The van der Waals surface area contributed by atoms with Crippen LogP contribution >= 0.6 is 0 Å².